The fourth-order valence-corrected chi connectivity index (χ4v) is 2.40. The van der Waals surface area contributed by atoms with Gasteiger partial charge in [0.25, 0.3) is 0 Å². The van der Waals surface area contributed by atoms with Gasteiger partial charge in [-0.3, -0.25) is 4.68 Å². The Labute approximate surface area is 129 Å². The van der Waals surface area contributed by atoms with Crippen molar-refractivity contribution in [3.05, 3.63) is 54.0 Å². The van der Waals surface area contributed by atoms with Crippen molar-refractivity contribution in [2.75, 3.05) is 18.5 Å². The maximum absolute atomic E-state index is 4.57. The third-order valence-corrected chi connectivity index (χ3v) is 3.53. The van der Waals surface area contributed by atoms with Crippen LogP contribution < -0.4 is 4.90 Å². The highest BCUT2D eigenvalue weighted by atomic mass is 15.3. The van der Waals surface area contributed by atoms with Gasteiger partial charge in [0.2, 0.25) is 0 Å². The molecule has 0 aliphatic rings. The molecule has 22 heavy (non-hydrogen) atoms. The second-order valence-corrected chi connectivity index (χ2v) is 5.29. The average Bonchev–Trinajstić information content (AvgIpc) is 2.89. The highest BCUT2D eigenvalue weighted by Crippen LogP contribution is 2.22. The van der Waals surface area contributed by atoms with Crippen molar-refractivity contribution in [1.82, 2.24) is 19.7 Å². The summed E-state index contributed by atoms with van der Waals surface area (Å²) in [6.07, 6.45) is 6.07. The molecule has 0 fully saturated rings. The van der Waals surface area contributed by atoms with Crippen LogP contribution >= 0.6 is 0 Å². The third-order valence-electron chi connectivity index (χ3n) is 3.53. The highest BCUT2D eigenvalue weighted by Gasteiger charge is 2.12. The molecule has 2 aromatic heterocycles. The number of rotatable bonds is 4. The van der Waals surface area contributed by atoms with Gasteiger partial charge in [-0.25, -0.2) is 9.97 Å². The predicted molar refractivity (Wildman–Crippen MR) is 89.8 cm³/mol. The highest BCUT2D eigenvalue weighted by molar-refractivity contribution is 5.86. The van der Waals surface area contributed by atoms with Crippen molar-refractivity contribution in [1.29, 1.82) is 0 Å². The first kappa shape index (κ1) is 14.3. The Bertz CT molecular complexity index is 805. The monoisotopic (exact) mass is 293 g/mol. The molecule has 0 amide bonds. The minimum absolute atomic E-state index is 0.755. The van der Waals surface area contributed by atoms with Gasteiger partial charge in [-0.15, -0.1) is 0 Å². The van der Waals surface area contributed by atoms with E-state index in [1.165, 1.54) is 5.56 Å². The third kappa shape index (κ3) is 2.83. The molecule has 1 aromatic carbocycles. The number of aryl methyl sites for hydroxylation is 2. The van der Waals surface area contributed by atoms with E-state index in [-0.39, 0.29) is 0 Å². The van der Waals surface area contributed by atoms with Crippen molar-refractivity contribution < 1.29 is 0 Å². The van der Waals surface area contributed by atoms with Crippen LogP contribution in [0.15, 0.2) is 42.6 Å². The number of likely N-dealkylation sites (N-methyl/N-ethyl adjacent to an activating group) is 1. The molecule has 2 heterocycles. The molecule has 0 saturated heterocycles. The molecular formula is C17H19N5. The molecule has 0 radical (unpaired) electrons. The average molecular weight is 293 g/mol. The lowest BCUT2D eigenvalue weighted by Crippen LogP contribution is -2.19. The number of nitrogens with zero attached hydrogens (tertiary/aromatic N) is 5. The van der Waals surface area contributed by atoms with Gasteiger partial charge < -0.3 is 4.90 Å². The summed E-state index contributed by atoms with van der Waals surface area (Å²) < 4.78 is 1.78. The van der Waals surface area contributed by atoms with Crippen LogP contribution in [0.4, 0.5) is 5.82 Å². The number of fused-ring (bicyclic) bond motifs is 1. The minimum Gasteiger partial charge on any atom is -0.355 e. The molecule has 0 atom stereocenters. The first-order valence-corrected chi connectivity index (χ1v) is 7.24. The van der Waals surface area contributed by atoms with Gasteiger partial charge in [-0.2, -0.15) is 5.10 Å². The molecule has 0 spiro atoms. The van der Waals surface area contributed by atoms with Crippen molar-refractivity contribution in [3.63, 3.8) is 0 Å². The van der Waals surface area contributed by atoms with Crippen LogP contribution in [0, 0.1) is 6.92 Å². The summed E-state index contributed by atoms with van der Waals surface area (Å²) in [5, 5.41) is 5.25. The Kier molecular flexibility index (Phi) is 3.87. The van der Waals surface area contributed by atoms with Gasteiger partial charge in [0, 0.05) is 20.6 Å². The molecule has 0 aliphatic heterocycles. The van der Waals surface area contributed by atoms with Crippen molar-refractivity contribution in [2.24, 2.45) is 7.05 Å². The fourth-order valence-electron chi connectivity index (χ4n) is 2.40. The van der Waals surface area contributed by atoms with Crippen LogP contribution in [-0.4, -0.2) is 33.3 Å². The van der Waals surface area contributed by atoms with E-state index < -0.39 is 0 Å². The Morgan fingerprint density at radius 3 is 2.73 bits per heavy atom. The van der Waals surface area contributed by atoms with E-state index >= 15 is 0 Å². The van der Waals surface area contributed by atoms with Gasteiger partial charge in [0.1, 0.15) is 11.6 Å². The number of benzene rings is 1. The SMILES string of the molecule is Cc1nc(N(C)C/C=C/c2ccccc2)c2cnn(C)c2n1. The van der Waals surface area contributed by atoms with Crippen LogP contribution in [0.3, 0.4) is 0 Å². The number of anilines is 1. The quantitative estimate of drug-likeness (QED) is 0.742. The number of hydrogen-bond acceptors (Lipinski definition) is 4. The molecule has 112 valence electrons. The summed E-state index contributed by atoms with van der Waals surface area (Å²) >= 11 is 0. The van der Waals surface area contributed by atoms with Crippen molar-refractivity contribution in [3.8, 4) is 0 Å². The summed E-state index contributed by atoms with van der Waals surface area (Å²) in [6, 6.07) is 10.3. The van der Waals surface area contributed by atoms with Crippen LogP contribution in [0.25, 0.3) is 17.1 Å². The maximum atomic E-state index is 4.57. The summed E-state index contributed by atoms with van der Waals surface area (Å²) in [4.78, 5) is 11.1. The van der Waals surface area contributed by atoms with E-state index in [4.69, 9.17) is 0 Å². The lowest BCUT2D eigenvalue weighted by atomic mass is 10.2. The molecule has 0 N–H and O–H groups in total. The molecule has 5 heteroatoms. The molecule has 0 bridgehead atoms. The zero-order valence-corrected chi connectivity index (χ0v) is 13.1. The largest absolute Gasteiger partial charge is 0.355 e. The molecular weight excluding hydrogens is 274 g/mol. The Morgan fingerprint density at radius 1 is 1.18 bits per heavy atom. The van der Waals surface area contributed by atoms with E-state index in [1.54, 1.807) is 4.68 Å². The van der Waals surface area contributed by atoms with Gasteiger partial charge in [0.15, 0.2) is 5.65 Å². The number of hydrogen-bond donors (Lipinski definition) is 0. The molecule has 3 rings (SSSR count). The molecule has 0 saturated carbocycles. The van der Waals surface area contributed by atoms with Crippen molar-refractivity contribution >= 4 is 22.9 Å². The second-order valence-electron chi connectivity index (χ2n) is 5.29. The maximum Gasteiger partial charge on any atom is 0.163 e. The standard InChI is InChI=1S/C17H19N5/c1-13-19-16(15-12-18-22(3)17(15)20-13)21(2)11-7-10-14-8-5-4-6-9-14/h4-10,12H,11H2,1-3H3/b10-7+. The van der Waals surface area contributed by atoms with Crippen LogP contribution in [-0.2, 0) is 7.05 Å². The number of aromatic nitrogens is 4. The van der Waals surface area contributed by atoms with Gasteiger partial charge in [-0.05, 0) is 12.5 Å². The van der Waals surface area contributed by atoms with Gasteiger partial charge >= 0.3 is 0 Å². The summed E-state index contributed by atoms with van der Waals surface area (Å²) in [6.45, 7) is 2.68. The van der Waals surface area contributed by atoms with Crippen molar-refractivity contribution in [2.45, 2.75) is 6.92 Å². The summed E-state index contributed by atoms with van der Waals surface area (Å²) in [7, 11) is 3.93. The zero-order valence-electron chi connectivity index (χ0n) is 13.1. The topological polar surface area (TPSA) is 46.8 Å². The van der Waals surface area contributed by atoms with Gasteiger partial charge in [-0.1, -0.05) is 42.5 Å². The summed E-state index contributed by atoms with van der Waals surface area (Å²) in [5.74, 6) is 1.67. The molecule has 0 unspecified atom stereocenters. The van der Waals surface area contributed by atoms with Crippen LogP contribution in [0.5, 0.6) is 0 Å². The second kappa shape index (κ2) is 5.97. The van der Waals surface area contributed by atoms with E-state index in [9.17, 15) is 0 Å². The fraction of sp³-hybridized carbons (Fsp3) is 0.235. The van der Waals surface area contributed by atoms with Gasteiger partial charge in [0.05, 0.1) is 11.6 Å². The molecule has 3 aromatic rings. The lowest BCUT2D eigenvalue weighted by Gasteiger charge is -2.17. The Hall–Kier alpha value is -2.69. The lowest BCUT2D eigenvalue weighted by molar-refractivity contribution is 0.782. The normalized spacial score (nSPS) is 11.4. The van der Waals surface area contributed by atoms with E-state index in [0.717, 1.165) is 29.2 Å². The Balaban J connectivity index is 1.83. The minimum atomic E-state index is 0.755. The first-order chi connectivity index (χ1) is 10.6. The first-order valence-electron chi connectivity index (χ1n) is 7.24. The van der Waals surface area contributed by atoms with Crippen LogP contribution in [0.1, 0.15) is 11.4 Å². The smallest absolute Gasteiger partial charge is 0.163 e. The zero-order chi connectivity index (χ0) is 15.5. The predicted octanol–water partition coefficient (Wildman–Crippen LogP) is 2.82. The molecule has 5 nitrogen and oxygen atoms in total. The van der Waals surface area contributed by atoms with E-state index in [0.29, 0.717) is 0 Å². The van der Waals surface area contributed by atoms with E-state index in [2.05, 4.69) is 44.3 Å². The Morgan fingerprint density at radius 2 is 1.95 bits per heavy atom. The molecule has 0 aliphatic carbocycles. The summed E-state index contributed by atoms with van der Waals surface area (Å²) in [5.41, 5.74) is 2.06. The van der Waals surface area contributed by atoms with Crippen LogP contribution in [0.2, 0.25) is 0 Å². The van der Waals surface area contributed by atoms with E-state index in [1.807, 2.05) is 45.4 Å².